The summed E-state index contributed by atoms with van der Waals surface area (Å²) in [5, 5.41) is 0. The highest BCUT2D eigenvalue weighted by atomic mass is 16.5. The zero-order valence-corrected chi connectivity index (χ0v) is 17.4. The number of rotatable bonds is 4. The molecule has 2 saturated heterocycles. The quantitative estimate of drug-likeness (QED) is 0.779. The minimum atomic E-state index is -0.364. The average Bonchev–Trinajstić information content (AvgIpc) is 3.37. The lowest BCUT2D eigenvalue weighted by Crippen LogP contribution is -2.46. The van der Waals surface area contributed by atoms with Crippen molar-refractivity contribution < 1.29 is 19.0 Å². The predicted molar refractivity (Wildman–Crippen MR) is 114 cm³/mol. The molecule has 0 saturated carbocycles. The number of nitrogens with zero attached hydrogens (tertiary/aromatic N) is 2. The maximum Gasteiger partial charge on any atom is 0.251 e. The number of para-hydroxylation sites is 1. The van der Waals surface area contributed by atoms with E-state index in [0.717, 1.165) is 25.3 Å². The number of anilines is 1. The summed E-state index contributed by atoms with van der Waals surface area (Å²) in [5.41, 5.74) is 3.66. The number of ether oxygens (including phenoxy) is 3. The van der Waals surface area contributed by atoms with E-state index in [2.05, 4.69) is 41.3 Å². The van der Waals surface area contributed by atoms with Crippen LogP contribution in [0.5, 0.6) is 5.75 Å². The Balaban J connectivity index is 1.35. The van der Waals surface area contributed by atoms with Crippen LogP contribution in [0.4, 0.5) is 5.69 Å². The molecule has 0 aliphatic carbocycles. The molecule has 0 bridgehead atoms. The molecular weight excluding hydrogens is 380 g/mol. The highest BCUT2D eigenvalue weighted by molar-refractivity contribution is 5.82. The summed E-state index contributed by atoms with van der Waals surface area (Å²) >= 11 is 0. The normalized spacial score (nSPS) is 25.6. The lowest BCUT2D eigenvalue weighted by atomic mass is 9.80. The second-order valence-electron chi connectivity index (χ2n) is 8.44. The van der Waals surface area contributed by atoms with E-state index in [1.165, 1.54) is 16.8 Å². The van der Waals surface area contributed by atoms with Crippen molar-refractivity contribution in [2.24, 2.45) is 0 Å². The van der Waals surface area contributed by atoms with E-state index in [-0.39, 0.29) is 17.4 Å². The summed E-state index contributed by atoms with van der Waals surface area (Å²) in [6.07, 6.45) is 0.372. The summed E-state index contributed by atoms with van der Waals surface area (Å²) < 4.78 is 16.8. The van der Waals surface area contributed by atoms with Crippen molar-refractivity contribution in [1.29, 1.82) is 0 Å². The van der Waals surface area contributed by atoms with Crippen LogP contribution in [0.15, 0.2) is 48.5 Å². The number of methoxy groups -OCH3 is 1. The van der Waals surface area contributed by atoms with E-state index in [1.54, 1.807) is 7.11 Å². The van der Waals surface area contributed by atoms with Crippen LogP contribution in [-0.4, -0.2) is 63.5 Å². The Hall–Kier alpha value is -2.57. The van der Waals surface area contributed by atoms with E-state index in [9.17, 15) is 4.79 Å². The fraction of sp³-hybridized carbons (Fsp3) is 0.458. The third-order valence-electron chi connectivity index (χ3n) is 6.58. The van der Waals surface area contributed by atoms with E-state index in [0.29, 0.717) is 32.9 Å². The van der Waals surface area contributed by atoms with Crippen LogP contribution in [0.3, 0.4) is 0 Å². The number of amides is 1. The largest absolute Gasteiger partial charge is 0.497 e. The van der Waals surface area contributed by atoms with Crippen molar-refractivity contribution in [1.82, 2.24) is 4.90 Å². The van der Waals surface area contributed by atoms with E-state index < -0.39 is 0 Å². The first kappa shape index (κ1) is 19.4. The molecule has 0 unspecified atom stereocenters. The Morgan fingerprint density at radius 2 is 1.90 bits per heavy atom. The lowest BCUT2D eigenvalue weighted by Gasteiger charge is -2.29. The van der Waals surface area contributed by atoms with Gasteiger partial charge in [0.05, 0.1) is 26.9 Å². The molecule has 3 heterocycles. The maximum absolute atomic E-state index is 13.0. The molecule has 158 valence electrons. The maximum atomic E-state index is 13.0. The molecule has 0 radical (unpaired) electrons. The number of hydrogen-bond acceptors (Lipinski definition) is 5. The predicted octanol–water partition coefficient (Wildman–Crippen LogP) is 2.60. The smallest absolute Gasteiger partial charge is 0.251 e. The molecule has 2 fully saturated rings. The van der Waals surface area contributed by atoms with E-state index in [4.69, 9.17) is 14.2 Å². The molecule has 2 aromatic rings. The van der Waals surface area contributed by atoms with Gasteiger partial charge in [0.15, 0.2) is 0 Å². The van der Waals surface area contributed by atoms with Gasteiger partial charge in [-0.25, -0.2) is 0 Å². The Kier molecular flexibility index (Phi) is 5.13. The summed E-state index contributed by atoms with van der Waals surface area (Å²) in [6.45, 7) is 4.82. The molecule has 30 heavy (non-hydrogen) atoms. The van der Waals surface area contributed by atoms with Crippen molar-refractivity contribution in [3.05, 3.63) is 59.7 Å². The Labute approximate surface area is 177 Å². The number of fused-ring (bicyclic) bond motifs is 2. The van der Waals surface area contributed by atoms with Crippen molar-refractivity contribution in [2.75, 3.05) is 51.5 Å². The van der Waals surface area contributed by atoms with Crippen LogP contribution in [0.2, 0.25) is 0 Å². The first-order valence-corrected chi connectivity index (χ1v) is 10.6. The molecule has 1 spiro atoms. The zero-order chi connectivity index (χ0) is 20.6. The number of morpholine rings is 1. The van der Waals surface area contributed by atoms with Gasteiger partial charge in [-0.05, 0) is 35.7 Å². The van der Waals surface area contributed by atoms with Gasteiger partial charge < -0.3 is 24.0 Å². The summed E-state index contributed by atoms with van der Waals surface area (Å²) in [6, 6.07) is 16.8. The van der Waals surface area contributed by atoms with Crippen LogP contribution in [0, 0.1) is 0 Å². The van der Waals surface area contributed by atoms with Crippen LogP contribution in [0.25, 0.3) is 0 Å². The highest BCUT2D eigenvalue weighted by Crippen LogP contribution is 2.48. The lowest BCUT2D eigenvalue weighted by molar-refractivity contribution is -0.144. The van der Waals surface area contributed by atoms with Gasteiger partial charge in [0.2, 0.25) is 0 Å². The number of hydrogen-bond donors (Lipinski definition) is 0. The van der Waals surface area contributed by atoms with Gasteiger partial charge in [-0.3, -0.25) is 4.79 Å². The van der Waals surface area contributed by atoms with Crippen LogP contribution < -0.4 is 9.64 Å². The summed E-state index contributed by atoms with van der Waals surface area (Å²) in [5.74, 6) is 0.979. The van der Waals surface area contributed by atoms with Crippen molar-refractivity contribution in [2.45, 2.75) is 24.5 Å². The minimum Gasteiger partial charge on any atom is -0.497 e. The van der Waals surface area contributed by atoms with E-state index >= 15 is 0 Å². The fourth-order valence-electron chi connectivity index (χ4n) is 5.00. The standard InChI is InChI=1S/C24H28N2O4/c1-28-19-8-6-18(7-9-19)15-26-16-24(20-4-2-3-5-21(20)26)14-22(30-17-24)23(27)25-10-12-29-13-11-25/h2-9,22H,10-17H2,1H3/t22-,24-/m0/s1. The van der Waals surface area contributed by atoms with Gasteiger partial charge in [-0.1, -0.05) is 30.3 Å². The zero-order valence-electron chi connectivity index (χ0n) is 17.4. The Morgan fingerprint density at radius 3 is 2.67 bits per heavy atom. The van der Waals surface area contributed by atoms with Gasteiger partial charge >= 0.3 is 0 Å². The van der Waals surface area contributed by atoms with Gasteiger partial charge in [0.25, 0.3) is 5.91 Å². The summed E-state index contributed by atoms with van der Waals surface area (Å²) in [7, 11) is 1.68. The van der Waals surface area contributed by atoms with Crippen molar-refractivity contribution in [3.8, 4) is 5.75 Å². The molecule has 2 atom stereocenters. The van der Waals surface area contributed by atoms with Crippen molar-refractivity contribution >= 4 is 11.6 Å². The summed E-state index contributed by atoms with van der Waals surface area (Å²) in [4.78, 5) is 17.3. The minimum absolute atomic E-state index is 0.112. The fourth-order valence-corrected chi connectivity index (χ4v) is 5.00. The van der Waals surface area contributed by atoms with Gasteiger partial charge in [-0.2, -0.15) is 0 Å². The average molecular weight is 408 g/mol. The number of benzene rings is 2. The van der Waals surface area contributed by atoms with Gasteiger partial charge in [0, 0.05) is 37.3 Å². The first-order valence-electron chi connectivity index (χ1n) is 10.6. The third-order valence-corrected chi connectivity index (χ3v) is 6.58. The molecule has 3 aliphatic heterocycles. The molecule has 1 amide bonds. The Morgan fingerprint density at radius 1 is 1.13 bits per heavy atom. The highest BCUT2D eigenvalue weighted by Gasteiger charge is 2.50. The van der Waals surface area contributed by atoms with Crippen molar-refractivity contribution in [3.63, 3.8) is 0 Å². The topological polar surface area (TPSA) is 51.2 Å². The molecule has 2 aromatic carbocycles. The molecule has 6 heteroatoms. The Bertz CT molecular complexity index is 910. The van der Waals surface area contributed by atoms with Gasteiger partial charge in [-0.15, -0.1) is 0 Å². The first-order chi connectivity index (χ1) is 14.7. The SMILES string of the molecule is COc1ccc(CN2C[C@@]3(CO[C@H](C(=O)N4CCOCC4)C3)c3ccccc32)cc1. The monoisotopic (exact) mass is 408 g/mol. The molecule has 0 N–H and O–H groups in total. The molecule has 6 nitrogen and oxygen atoms in total. The van der Waals surface area contributed by atoms with Crippen LogP contribution in [0.1, 0.15) is 17.5 Å². The van der Waals surface area contributed by atoms with Crippen LogP contribution >= 0.6 is 0 Å². The number of carbonyl (C=O) groups is 1. The van der Waals surface area contributed by atoms with E-state index in [1.807, 2.05) is 17.0 Å². The molecule has 5 rings (SSSR count). The van der Waals surface area contributed by atoms with Crippen LogP contribution in [-0.2, 0) is 26.2 Å². The molecular formula is C24H28N2O4. The molecule has 3 aliphatic rings. The second-order valence-corrected chi connectivity index (χ2v) is 8.44. The van der Waals surface area contributed by atoms with Gasteiger partial charge in [0.1, 0.15) is 11.9 Å². The molecule has 0 aromatic heterocycles. The second kappa shape index (κ2) is 7.93. The number of carbonyl (C=O) groups excluding carboxylic acids is 1. The third kappa shape index (κ3) is 3.44.